The summed E-state index contributed by atoms with van der Waals surface area (Å²) in [5, 5.41) is 3.38. The number of rotatable bonds is 6. The first-order valence-corrected chi connectivity index (χ1v) is 7.41. The molecule has 0 heterocycles. The maximum Gasteiger partial charge on any atom is 0.165 e. The molecule has 1 aliphatic carbocycles. The first-order valence-electron chi connectivity index (χ1n) is 7.41. The van der Waals surface area contributed by atoms with E-state index in [9.17, 15) is 4.39 Å². The monoisotopic (exact) mass is 285 g/mol. The maximum atomic E-state index is 14.0. The highest BCUT2D eigenvalue weighted by Gasteiger charge is 2.20. The van der Waals surface area contributed by atoms with Gasteiger partial charge in [-0.25, -0.2) is 4.39 Å². The molecule has 0 spiro atoms. The Morgan fingerprint density at radius 2 is 2.00 bits per heavy atom. The van der Waals surface area contributed by atoms with Crippen molar-refractivity contribution in [3.8, 4) is 5.75 Å². The zero-order chi connectivity index (χ0) is 14.7. The molecule has 1 saturated carbocycles. The lowest BCUT2D eigenvalue weighted by Crippen LogP contribution is -2.15. The predicted molar refractivity (Wildman–Crippen MR) is 81.8 cm³/mol. The molecule has 1 aliphatic rings. The van der Waals surface area contributed by atoms with E-state index < -0.39 is 0 Å². The lowest BCUT2D eigenvalue weighted by atomic mass is 10.1. The smallest absolute Gasteiger partial charge is 0.165 e. The fourth-order valence-electron chi connectivity index (χ4n) is 2.28. The summed E-state index contributed by atoms with van der Waals surface area (Å²) in [5.74, 6) is 0.0180. The largest absolute Gasteiger partial charge is 0.486 e. The Morgan fingerprint density at radius 3 is 2.71 bits per heavy atom. The minimum atomic E-state index is -0.294. The molecule has 2 nitrogen and oxygen atoms in total. The highest BCUT2D eigenvalue weighted by molar-refractivity contribution is 5.30. The molecule has 110 valence electrons. The van der Waals surface area contributed by atoms with Crippen LogP contribution in [0.15, 0.2) is 42.5 Å². The van der Waals surface area contributed by atoms with E-state index in [0.29, 0.717) is 18.4 Å². The van der Waals surface area contributed by atoms with Gasteiger partial charge in [0.25, 0.3) is 0 Å². The van der Waals surface area contributed by atoms with E-state index in [1.54, 1.807) is 12.1 Å². The van der Waals surface area contributed by atoms with Crippen molar-refractivity contribution in [1.29, 1.82) is 0 Å². The standard InChI is InChI=1S/C18H20FNO/c1-13-3-2-4-15(9-13)12-21-18-8-5-14(10-17(18)19)11-20-16-6-7-16/h2-5,8-10,16,20H,6-7,11-12H2,1H3. The van der Waals surface area contributed by atoms with Crippen molar-refractivity contribution in [3.05, 3.63) is 65.0 Å². The van der Waals surface area contributed by atoms with Gasteiger partial charge >= 0.3 is 0 Å². The third-order valence-electron chi connectivity index (χ3n) is 3.65. The average Bonchev–Trinajstić information content (AvgIpc) is 3.28. The molecule has 0 unspecified atom stereocenters. The lowest BCUT2D eigenvalue weighted by molar-refractivity contribution is 0.290. The Kier molecular flexibility index (Phi) is 4.20. The van der Waals surface area contributed by atoms with Crippen LogP contribution in [0.25, 0.3) is 0 Å². The summed E-state index contributed by atoms with van der Waals surface area (Å²) in [7, 11) is 0. The van der Waals surface area contributed by atoms with Crippen LogP contribution in [0.4, 0.5) is 4.39 Å². The zero-order valence-electron chi connectivity index (χ0n) is 12.2. The van der Waals surface area contributed by atoms with E-state index in [4.69, 9.17) is 4.74 Å². The van der Waals surface area contributed by atoms with Crippen molar-refractivity contribution in [2.75, 3.05) is 0 Å². The number of benzene rings is 2. The van der Waals surface area contributed by atoms with Crippen LogP contribution in [-0.4, -0.2) is 6.04 Å². The van der Waals surface area contributed by atoms with Crippen molar-refractivity contribution in [2.24, 2.45) is 0 Å². The van der Waals surface area contributed by atoms with Crippen LogP contribution in [0.3, 0.4) is 0 Å². The summed E-state index contributed by atoms with van der Waals surface area (Å²) in [6.07, 6.45) is 2.47. The van der Waals surface area contributed by atoms with E-state index in [2.05, 4.69) is 5.32 Å². The van der Waals surface area contributed by atoms with Gasteiger partial charge in [-0.15, -0.1) is 0 Å². The van der Waals surface area contributed by atoms with Crippen LogP contribution in [-0.2, 0) is 13.2 Å². The van der Waals surface area contributed by atoms with Gasteiger partial charge in [-0.3, -0.25) is 0 Å². The van der Waals surface area contributed by atoms with Crippen LogP contribution in [0.1, 0.15) is 29.5 Å². The second kappa shape index (κ2) is 6.27. The normalized spacial score (nSPS) is 14.2. The van der Waals surface area contributed by atoms with Crippen molar-refractivity contribution in [2.45, 2.75) is 39.0 Å². The molecular formula is C18H20FNO. The van der Waals surface area contributed by atoms with Crippen LogP contribution < -0.4 is 10.1 Å². The van der Waals surface area contributed by atoms with Crippen molar-refractivity contribution in [1.82, 2.24) is 5.32 Å². The van der Waals surface area contributed by atoms with Gasteiger partial charge in [-0.2, -0.15) is 0 Å². The Balaban J connectivity index is 1.59. The molecule has 21 heavy (non-hydrogen) atoms. The highest BCUT2D eigenvalue weighted by atomic mass is 19.1. The molecule has 0 atom stereocenters. The topological polar surface area (TPSA) is 21.3 Å². The number of hydrogen-bond acceptors (Lipinski definition) is 2. The molecule has 1 N–H and O–H groups in total. The molecule has 1 fully saturated rings. The fourth-order valence-corrected chi connectivity index (χ4v) is 2.28. The van der Waals surface area contributed by atoms with Gasteiger partial charge in [0.15, 0.2) is 11.6 Å². The molecule has 0 saturated heterocycles. The summed E-state index contributed by atoms with van der Waals surface area (Å²) >= 11 is 0. The molecule has 0 amide bonds. The van der Waals surface area contributed by atoms with Gasteiger partial charge in [0, 0.05) is 12.6 Å². The number of nitrogens with one attached hydrogen (secondary N) is 1. The summed E-state index contributed by atoms with van der Waals surface area (Å²) in [6, 6.07) is 13.9. The van der Waals surface area contributed by atoms with Gasteiger partial charge in [0.05, 0.1) is 0 Å². The van der Waals surface area contributed by atoms with Crippen LogP contribution in [0, 0.1) is 12.7 Å². The molecule has 2 aromatic rings. The molecular weight excluding hydrogens is 265 g/mol. The Labute approximate surface area is 125 Å². The third kappa shape index (κ3) is 4.05. The van der Waals surface area contributed by atoms with Crippen LogP contribution in [0.5, 0.6) is 5.75 Å². The lowest BCUT2D eigenvalue weighted by Gasteiger charge is -2.10. The van der Waals surface area contributed by atoms with E-state index in [0.717, 1.165) is 17.7 Å². The first-order chi connectivity index (χ1) is 10.2. The Hall–Kier alpha value is -1.87. The molecule has 0 aromatic heterocycles. The number of hydrogen-bond donors (Lipinski definition) is 1. The van der Waals surface area contributed by atoms with E-state index in [1.807, 2.05) is 37.3 Å². The quantitative estimate of drug-likeness (QED) is 0.867. The zero-order valence-corrected chi connectivity index (χ0v) is 12.2. The Bertz CT molecular complexity index is 622. The van der Waals surface area contributed by atoms with Gasteiger partial charge < -0.3 is 10.1 Å². The number of ether oxygens (including phenoxy) is 1. The van der Waals surface area contributed by atoms with E-state index in [-0.39, 0.29) is 5.82 Å². The summed E-state index contributed by atoms with van der Waals surface area (Å²) in [5.41, 5.74) is 3.19. The first kappa shape index (κ1) is 14.1. The second-order valence-corrected chi connectivity index (χ2v) is 5.70. The third-order valence-corrected chi connectivity index (χ3v) is 3.65. The molecule has 3 rings (SSSR count). The SMILES string of the molecule is Cc1cccc(COc2ccc(CNC3CC3)cc2F)c1. The van der Waals surface area contributed by atoms with Crippen LogP contribution in [0.2, 0.25) is 0 Å². The van der Waals surface area contributed by atoms with E-state index >= 15 is 0 Å². The van der Waals surface area contributed by atoms with E-state index in [1.165, 1.54) is 18.4 Å². The maximum absolute atomic E-state index is 14.0. The van der Waals surface area contributed by atoms with Crippen LogP contribution >= 0.6 is 0 Å². The molecule has 0 aliphatic heterocycles. The van der Waals surface area contributed by atoms with Crippen molar-refractivity contribution >= 4 is 0 Å². The highest BCUT2D eigenvalue weighted by Crippen LogP contribution is 2.22. The summed E-state index contributed by atoms with van der Waals surface area (Å²) < 4.78 is 19.6. The molecule has 2 aromatic carbocycles. The summed E-state index contributed by atoms with van der Waals surface area (Å²) in [6.45, 7) is 3.14. The second-order valence-electron chi connectivity index (χ2n) is 5.70. The number of aryl methyl sites for hydroxylation is 1. The van der Waals surface area contributed by atoms with Gasteiger partial charge in [-0.1, -0.05) is 35.9 Å². The Morgan fingerprint density at radius 1 is 1.14 bits per heavy atom. The summed E-state index contributed by atoms with van der Waals surface area (Å²) in [4.78, 5) is 0. The van der Waals surface area contributed by atoms with Gasteiger partial charge in [0.1, 0.15) is 6.61 Å². The average molecular weight is 285 g/mol. The van der Waals surface area contributed by atoms with Crippen molar-refractivity contribution in [3.63, 3.8) is 0 Å². The predicted octanol–water partition coefficient (Wildman–Crippen LogP) is 3.97. The molecule has 3 heteroatoms. The molecule has 0 bridgehead atoms. The van der Waals surface area contributed by atoms with Gasteiger partial charge in [0.2, 0.25) is 0 Å². The molecule has 0 radical (unpaired) electrons. The van der Waals surface area contributed by atoms with Crippen molar-refractivity contribution < 1.29 is 9.13 Å². The minimum absolute atomic E-state index is 0.294. The van der Waals surface area contributed by atoms with Gasteiger partial charge in [-0.05, 0) is 43.0 Å². The minimum Gasteiger partial charge on any atom is -0.486 e. The fraction of sp³-hybridized carbons (Fsp3) is 0.333. The number of halogens is 1.